The first-order valence-corrected chi connectivity index (χ1v) is 8.13. The lowest BCUT2D eigenvalue weighted by atomic mass is 10.2. The van der Waals surface area contributed by atoms with Crippen LogP contribution in [0.15, 0.2) is 18.2 Å². The highest BCUT2D eigenvalue weighted by Gasteiger charge is 2.14. The third kappa shape index (κ3) is 6.01. The molecule has 0 unspecified atom stereocenters. The van der Waals surface area contributed by atoms with Crippen molar-refractivity contribution >= 4 is 27.1 Å². The van der Waals surface area contributed by atoms with E-state index in [4.69, 9.17) is 15.2 Å². The molecule has 7 nitrogen and oxygen atoms in total. The van der Waals surface area contributed by atoms with Crippen molar-refractivity contribution < 1.29 is 22.7 Å². The smallest absolute Gasteiger partial charge is 0.225 e. The summed E-state index contributed by atoms with van der Waals surface area (Å²) >= 11 is 0. The van der Waals surface area contributed by atoms with Crippen molar-refractivity contribution in [3.63, 3.8) is 0 Å². The summed E-state index contributed by atoms with van der Waals surface area (Å²) < 4.78 is 32.9. The number of carbonyl (C=O) groups excluding carboxylic acids is 1. The molecule has 0 heterocycles. The molecule has 0 saturated carbocycles. The Balaban J connectivity index is 2.54. The van der Waals surface area contributed by atoms with Crippen molar-refractivity contribution in [2.75, 3.05) is 43.4 Å². The number of anilines is 2. The monoisotopic (exact) mass is 316 g/mol. The number of methoxy groups -OCH3 is 2. The first kappa shape index (κ1) is 17.3. The van der Waals surface area contributed by atoms with Crippen molar-refractivity contribution in [3.05, 3.63) is 18.2 Å². The van der Waals surface area contributed by atoms with E-state index in [1.807, 2.05) is 0 Å². The number of nitrogen functional groups attached to an aromatic ring is 1. The van der Waals surface area contributed by atoms with Gasteiger partial charge >= 0.3 is 0 Å². The fourth-order valence-electron chi connectivity index (χ4n) is 1.55. The molecule has 0 saturated heterocycles. The van der Waals surface area contributed by atoms with Gasteiger partial charge in [0.1, 0.15) is 5.75 Å². The van der Waals surface area contributed by atoms with Gasteiger partial charge in [0, 0.05) is 19.6 Å². The number of rotatable bonds is 8. The molecule has 0 aliphatic carbocycles. The lowest BCUT2D eigenvalue weighted by Gasteiger charge is -2.10. The third-order valence-electron chi connectivity index (χ3n) is 2.77. The summed E-state index contributed by atoms with van der Waals surface area (Å²) in [5.41, 5.74) is 6.54. The molecule has 21 heavy (non-hydrogen) atoms. The van der Waals surface area contributed by atoms with E-state index in [1.165, 1.54) is 14.2 Å². The molecule has 1 aromatic carbocycles. The number of ether oxygens (including phenoxy) is 2. The molecule has 0 spiro atoms. The van der Waals surface area contributed by atoms with Crippen molar-refractivity contribution in [1.29, 1.82) is 0 Å². The van der Waals surface area contributed by atoms with Crippen molar-refractivity contribution in [2.24, 2.45) is 0 Å². The zero-order valence-electron chi connectivity index (χ0n) is 12.1. The van der Waals surface area contributed by atoms with Gasteiger partial charge in [0.05, 0.1) is 36.6 Å². The minimum atomic E-state index is -3.29. The predicted octanol–water partition coefficient (Wildman–Crippen LogP) is 0.667. The van der Waals surface area contributed by atoms with E-state index in [9.17, 15) is 13.2 Å². The van der Waals surface area contributed by atoms with Crippen LogP contribution in [0.4, 0.5) is 11.4 Å². The number of hydrogen-bond acceptors (Lipinski definition) is 6. The van der Waals surface area contributed by atoms with Gasteiger partial charge in [-0.1, -0.05) is 0 Å². The van der Waals surface area contributed by atoms with Gasteiger partial charge < -0.3 is 20.5 Å². The van der Waals surface area contributed by atoms with Crippen LogP contribution in [0.5, 0.6) is 5.75 Å². The largest absolute Gasteiger partial charge is 0.497 e. The second-order valence-corrected chi connectivity index (χ2v) is 6.70. The number of nitrogens with two attached hydrogens (primary N) is 1. The van der Waals surface area contributed by atoms with Crippen LogP contribution in [-0.2, 0) is 19.4 Å². The van der Waals surface area contributed by atoms with Crippen molar-refractivity contribution in [3.8, 4) is 5.75 Å². The first-order valence-electron chi connectivity index (χ1n) is 6.30. The number of nitrogens with one attached hydrogen (secondary N) is 1. The molecule has 118 valence electrons. The summed E-state index contributed by atoms with van der Waals surface area (Å²) in [5.74, 6) is -0.153. The molecule has 0 fully saturated rings. The van der Waals surface area contributed by atoms with Gasteiger partial charge in [-0.05, 0) is 12.1 Å². The van der Waals surface area contributed by atoms with Gasteiger partial charge in [-0.3, -0.25) is 4.79 Å². The fraction of sp³-hybridized carbons (Fsp3) is 0.462. The van der Waals surface area contributed by atoms with Crippen LogP contribution in [0.3, 0.4) is 0 Å². The quantitative estimate of drug-likeness (QED) is 0.682. The standard InChI is InChI=1S/C13H20N2O5S/c1-19-6-8-21(17,18)7-5-13(16)15-12-4-3-10(20-2)9-11(12)14/h3-4,9H,5-8,14H2,1-2H3,(H,15,16). The van der Waals surface area contributed by atoms with E-state index < -0.39 is 15.7 Å². The topological polar surface area (TPSA) is 108 Å². The van der Waals surface area contributed by atoms with E-state index in [1.54, 1.807) is 18.2 Å². The van der Waals surface area contributed by atoms with E-state index >= 15 is 0 Å². The molecular formula is C13H20N2O5S. The number of hydrogen-bond donors (Lipinski definition) is 2. The van der Waals surface area contributed by atoms with E-state index in [-0.39, 0.29) is 24.5 Å². The molecular weight excluding hydrogens is 296 g/mol. The summed E-state index contributed by atoms with van der Waals surface area (Å²) in [6.45, 7) is 0.120. The van der Waals surface area contributed by atoms with Crippen molar-refractivity contribution in [2.45, 2.75) is 6.42 Å². The molecule has 3 N–H and O–H groups in total. The lowest BCUT2D eigenvalue weighted by Crippen LogP contribution is -2.21. The molecule has 1 aromatic rings. The normalized spacial score (nSPS) is 11.1. The third-order valence-corrected chi connectivity index (χ3v) is 4.39. The summed E-state index contributed by atoms with van der Waals surface area (Å²) in [4.78, 5) is 11.7. The minimum absolute atomic E-state index is 0.0958. The van der Waals surface area contributed by atoms with Crippen LogP contribution < -0.4 is 15.8 Å². The van der Waals surface area contributed by atoms with Gasteiger partial charge in [0.25, 0.3) is 0 Å². The summed E-state index contributed by atoms with van der Waals surface area (Å²) in [7, 11) is -0.352. The van der Waals surface area contributed by atoms with E-state index in [2.05, 4.69) is 5.32 Å². The van der Waals surface area contributed by atoms with E-state index in [0.717, 1.165) is 0 Å². The molecule has 0 aliphatic rings. The van der Waals surface area contributed by atoms with Crippen molar-refractivity contribution in [1.82, 2.24) is 0 Å². The molecule has 0 bridgehead atoms. The van der Waals surface area contributed by atoms with Gasteiger partial charge in [0.2, 0.25) is 5.91 Å². The Morgan fingerprint density at radius 3 is 2.57 bits per heavy atom. The SMILES string of the molecule is COCCS(=O)(=O)CCC(=O)Nc1ccc(OC)cc1N. The fourth-order valence-corrected chi connectivity index (χ4v) is 2.68. The Morgan fingerprint density at radius 2 is 2.00 bits per heavy atom. The molecule has 8 heteroatoms. The Kier molecular flexibility index (Phi) is 6.44. The average Bonchev–Trinajstić information content (AvgIpc) is 2.45. The van der Waals surface area contributed by atoms with Gasteiger partial charge in [0.15, 0.2) is 9.84 Å². The highest BCUT2D eigenvalue weighted by Crippen LogP contribution is 2.24. The second-order valence-electron chi connectivity index (χ2n) is 4.40. The maximum atomic E-state index is 11.7. The van der Waals surface area contributed by atoms with Crippen LogP contribution in [0.25, 0.3) is 0 Å². The second kappa shape index (κ2) is 7.84. The Morgan fingerprint density at radius 1 is 1.29 bits per heavy atom. The summed E-state index contributed by atoms with van der Waals surface area (Å²) in [5, 5.41) is 2.58. The van der Waals surface area contributed by atoms with Crippen LogP contribution in [0.1, 0.15) is 6.42 Å². The van der Waals surface area contributed by atoms with Gasteiger partial charge in [-0.25, -0.2) is 8.42 Å². The Bertz CT molecular complexity index is 586. The van der Waals surface area contributed by atoms with Gasteiger partial charge in [-0.15, -0.1) is 0 Å². The highest BCUT2D eigenvalue weighted by molar-refractivity contribution is 7.91. The van der Waals surface area contributed by atoms with E-state index in [0.29, 0.717) is 17.1 Å². The Labute approximate surface area is 124 Å². The predicted molar refractivity (Wildman–Crippen MR) is 81.2 cm³/mol. The molecule has 0 aliphatic heterocycles. The number of amides is 1. The van der Waals surface area contributed by atoms with Gasteiger partial charge in [-0.2, -0.15) is 0 Å². The minimum Gasteiger partial charge on any atom is -0.497 e. The average molecular weight is 316 g/mol. The highest BCUT2D eigenvalue weighted by atomic mass is 32.2. The maximum absolute atomic E-state index is 11.7. The Hall–Kier alpha value is -1.80. The number of sulfone groups is 1. The summed E-state index contributed by atoms with van der Waals surface area (Å²) in [6.07, 6.45) is -0.127. The van der Waals surface area contributed by atoms with Crippen LogP contribution in [0, 0.1) is 0 Å². The molecule has 0 radical (unpaired) electrons. The summed E-state index contributed by atoms with van der Waals surface area (Å²) in [6, 6.07) is 4.83. The molecule has 1 amide bonds. The molecule has 0 atom stereocenters. The maximum Gasteiger partial charge on any atom is 0.225 e. The number of benzene rings is 1. The number of carbonyl (C=O) groups is 1. The molecule has 0 aromatic heterocycles. The van der Waals surface area contributed by atoms with Crippen LogP contribution in [0.2, 0.25) is 0 Å². The first-order chi connectivity index (χ1) is 9.88. The van der Waals surface area contributed by atoms with Crippen LogP contribution >= 0.6 is 0 Å². The zero-order chi connectivity index (χ0) is 15.9. The zero-order valence-corrected chi connectivity index (χ0v) is 12.9. The molecule has 1 rings (SSSR count). The van der Waals surface area contributed by atoms with Crippen LogP contribution in [-0.4, -0.2) is 46.7 Å². The lowest BCUT2D eigenvalue weighted by molar-refractivity contribution is -0.115.